The van der Waals surface area contributed by atoms with Gasteiger partial charge in [0.15, 0.2) is 0 Å². The van der Waals surface area contributed by atoms with Gasteiger partial charge in [0.1, 0.15) is 0 Å². The number of anilines is 2. The van der Waals surface area contributed by atoms with Gasteiger partial charge in [-0.3, -0.25) is 0 Å². The highest BCUT2D eigenvalue weighted by atomic mass is 79.9. The molecule has 84 valence electrons. The molecule has 0 aliphatic carbocycles. The molecule has 0 saturated carbocycles. The van der Waals surface area contributed by atoms with Crippen LogP contribution in [0, 0.1) is 5.41 Å². The Balaban J connectivity index is 2.66. The van der Waals surface area contributed by atoms with Crippen LogP contribution in [0.25, 0.3) is 0 Å². The van der Waals surface area contributed by atoms with Crippen LogP contribution < -0.4 is 11.1 Å². The highest BCUT2D eigenvalue weighted by Crippen LogP contribution is 2.27. The highest BCUT2D eigenvalue weighted by Gasteiger charge is 2.14. The van der Waals surface area contributed by atoms with Gasteiger partial charge in [0, 0.05) is 22.4 Å². The molecular formula is C12H19BrN2. The first-order valence-electron chi connectivity index (χ1n) is 5.23. The van der Waals surface area contributed by atoms with E-state index in [4.69, 9.17) is 5.73 Å². The van der Waals surface area contributed by atoms with Crippen molar-refractivity contribution in [3.63, 3.8) is 0 Å². The summed E-state index contributed by atoms with van der Waals surface area (Å²) < 4.78 is 1.02. The molecule has 2 nitrogen and oxygen atoms in total. The fourth-order valence-electron chi connectivity index (χ4n) is 1.13. The number of nitrogens with one attached hydrogen (secondary N) is 1. The van der Waals surface area contributed by atoms with Crippen LogP contribution in [-0.4, -0.2) is 6.54 Å². The van der Waals surface area contributed by atoms with Gasteiger partial charge in [0.25, 0.3) is 0 Å². The van der Waals surface area contributed by atoms with Gasteiger partial charge in [-0.2, -0.15) is 0 Å². The third-order valence-corrected chi connectivity index (χ3v) is 3.36. The van der Waals surface area contributed by atoms with Crippen molar-refractivity contribution in [2.45, 2.75) is 27.2 Å². The van der Waals surface area contributed by atoms with E-state index >= 15 is 0 Å². The Morgan fingerprint density at radius 2 is 2.07 bits per heavy atom. The monoisotopic (exact) mass is 270 g/mol. The second kappa shape index (κ2) is 4.88. The van der Waals surface area contributed by atoms with Crippen molar-refractivity contribution in [3.05, 3.63) is 22.7 Å². The number of halogens is 1. The maximum absolute atomic E-state index is 5.68. The van der Waals surface area contributed by atoms with E-state index in [2.05, 4.69) is 42.0 Å². The zero-order chi connectivity index (χ0) is 11.5. The number of nitrogen functional groups attached to an aromatic ring is 1. The summed E-state index contributed by atoms with van der Waals surface area (Å²) in [6.45, 7) is 7.68. The number of nitrogens with two attached hydrogens (primary N) is 1. The minimum absolute atomic E-state index is 0.320. The molecule has 1 rings (SSSR count). The summed E-state index contributed by atoms with van der Waals surface area (Å²) in [7, 11) is 0. The van der Waals surface area contributed by atoms with Crippen LogP contribution in [0.4, 0.5) is 11.4 Å². The zero-order valence-corrected chi connectivity index (χ0v) is 11.2. The van der Waals surface area contributed by atoms with Crippen molar-refractivity contribution in [2.24, 2.45) is 5.41 Å². The van der Waals surface area contributed by atoms with Crippen LogP contribution in [0.3, 0.4) is 0 Å². The average Bonchev–Trinajstić information content (AvgIpc) is 2.16. The molecule has 0 amide bonds. The van der Waals surface area contributed by atoms with E-state index < -0.39 is 0 Å². The summed E-state index contributed by atoms with van der Waals surface area (Å²) in [6, 6.07) is 5.83. The lowest BCUT2D eigenvalue weighted by atomic mass is 9.90. The molecule has 0 aliphatic heterocycles. The highest BCUT2D eigenvalue weighted by molar-refractivity contribution is 9.10. The minimum Gasteiger partial charge on any atom is -0.399 e. The van der Waals surface area contributed by atoms with Crippen molar-refractivity contribution in [1.29, 1.82) is 0 Å². The van der Waals surface area contributed by atoms with E-state index in [1.165, 1.54) is 0 Å². The van der Waals surface area contributed by atoms with Gasteiger partial charge in [-0.15, -0.1) is 0 Å². The first-order chi connectivity index (χ1) is 6.94. The van der Waals surface area contributed by atoms with Gasteiger partial charge in [-0.25, -0.2) is 0 Å². The van der Waals surface area contributed by atoms with E-state index in [0.29, 0.717) is 5.41 Å². The van der Waals surface area contributed by atoms with Crippen molar-refractivity contribution >= 4 is 27.3 Å². The molecule has 1 aromatic carbocycles. The normalized spacial score (nSPS) is 11.5. The Morgan fingerprint density at radius 1 is 1.40 bits per heavy atom. The van der Waals surface area contributed by atoms with E-state index in [1.807, 2.05) is 18.2 Å². The van der Waals surface area contributed by atoms with Gasteiger partial charge < -0.3 is 11.1 Å². The van der Waals surface area contributed by atoms with Crippen LogP contribution in [0.1, 0.15) is 27.2 Å². The standard InChI is InChI=1S/C12H19BrN2/c1-4-12(2,3)8-15-11-6-5-9(14)7-10(11)13/h5-7,15H,4,8,14H2,1-3H3. The van der Waals surface area contributed by atoms with E-state index in [-0.39, 0.29) is 0 Å². The summed E-state index contributed by atoms with van der Waals surface area (Å²) in [5.41, 5.74) is 7.88. The second-order valence-corrected chi connectivity index (χ2v) is 5.46. The number of hydrogen-bond acceptors (Lipinski definition) is 2. The Bertz CT molecular complexity index is 334. The molecule has 3 N–H and O–H groups in total. The van der Waals surface area contributed by atoms with Gasteiger partial charge in [-0.05, 0) is 46.0 Å². The molecular weight excluding hydrogens is 252 g/mol. The quantitative estimate of drug-likeness (QED) is 0.815. The van der Waals surface area contributed by atoms with Crippen molar-refractivity contribution < 1.29 is 0 Å². The van der Waals surface area contributed by atoms with Crippen molar-refractivity contribution in [3.8, 4) is 0 Å². The molecule has 0 aliphatic rings. The third kappa shape index (κ3) is 3.74. The first-order valence-corrected chi connectivity index (χ1v) is 6.03. The van der Waals surface area contributed by atoms with Gasteiger partial charge in [0.2, 0.25) is 0 Å². The molecule has 3 heteroatoms. The second-order valence-electron chi connectivity index (χ2n) is 4.61. The topological polar surface area (TPSA) is 38.0 Å². The Morgan fingerprint density at radius 3 is 2.60 bits per heavy atom. The fourth-order valence-corrected chi connectivity index (χ4v) is 1.67. The SMILES string of the molecule is CCC(C)(C)CNc1ccc(N)cc1Br. The van der Waals surface area contributed by atoms with Crippen LogP contribution in [0.15, 0.2) is 22.7 Å². The van der Waals surface area contributed by atoms with Crippen molar-refractivity contribution in [1.82, 2.24) is 0 Å². The molecule has 0 fully saturated rings. The molecule has 1 aromatic rings. The van der Waals surface area contributed by atoms with Crippen molar-refractivity contribution in [2.75, 3.05) is 17.6 Å². The minimum atomic E-state index is 0.320. The summed E-state index contributed by atoms with van der Waals surface area (Å²) in [5, 5.41) is 3.43. The predicted octanol–water partition coefficient (Wildman–Crippen LogP) is 3.88. The van der Waals surface area contributed by atoms with Crippen LogP contribution in [0.2, 0.25) is 0 Å². The Labute approximate surface area is 100 Å². The zero-order valence-electron chi connectivity index (χ0n) is 9.60. The number of hydrogen-bond donors (Lipinski definition) is 2. The molecule has 0 spiro atoms. The Hall–Kier alpha value is -0.700. The van der Waals surface area contributed by atoms with Gasteiger partial charge >= 0.3 is 0 Å². The molecule has 0 unspecified atom stereocenters. The van der Waals surface area contributed by atoms with Crippen LogP contribution in [0.5, 0.6) is 0 Å². The van der Waals surface area contributed by atoms with Gasteiger partial charge in [0.05, 0.1) is 0 Å². The number of rotatable bonds is 4. The molecule has 0 saturated heterocycles. The largest absolute Gasteiger partial charge is 0.399 e. The summed E-state index contributed by atoms with van der Waals surface area (Å²) >= 11 is 3.49. The molecule has 0 heterocycles. The van der Waals surface area contributed by atoms with Crippen LogP contribution >= 0.6 is 15.9 Å². The maximum Gasteiger partial charge on any atom is 0.0486 e. The van der Waals surface area contributed by atoms with E-state index in [0.717, 1.165) is 28.8 Å². The summed E-state index contributed by atoms with van der Waals surface area (Å²) in [4.78, 5) is 0. The lowest BCUT2D eigenvalue weighted by Gasteiger charge is -2.24. The van der Waals surface area contributed by atoms with Crippen LogP contribution in [-0.2, 0) is 0 Å². The lowest BCUT2D eigenvalue weighted by molar-refractivity contribution is 0.377. The van der Waals surface area contributed by atoms with E-state index in [9.17, 15) is 0 Å². The third-order valence-electron chi connectivity index (χ3n) is 2.71. The molecule has 0 bridgehead atoms. The summed E-state index contributed by atoms with van der Waals surface area (Å²) in [6.07, 6.45) is 1.16. The molecule has 15 heavy (non-hydrogen) atoms. The molecule has 0 radical (unpaired) electrons. The smallest absolute Gasteiger partial charge is 0.0486 e. The first kappa shape index (κ1) is 12.4. The molecule has 0 atom stereocenters. The fraction of sp³-hybridized carbons (Fsp3) is 0.500. The van der Waals surface area contributed by atoms with Gasteiger partial charge in [-0.1, -0.05) is 20.8 Å². The lowest BCUT2D eigenvalue weighted by Crippen LogP contribution is -2.22. The summed E-state index contributed by atoms with van der Waals surface area (Å²) in [5.74, 6) is 0. The average molecular weight is 271 g/mol. The van der Waals surface area contributed by atoms with E-state index in [1.54, 1.807) is 0 Å². The predicted molar refractivity (Wildman–Crippen MR) is 71.1 cm³/mol. The molecule has 0 aromatic heterocycles. The Kier molecular flexibility index (Phi) is 4.03. The number of benzene rings is 1. The maximum atomic E-state index is 5.68.